The Balaban J connectivity index is 1.75. The molecule has 8 heteroatoms. The molecule has 29 heavy (non-hydrogen) atoms. The molecule has 0 fully saturated rings. The number of methoxy groups -OCH3 is 1. The van der Waals surface area contributed by atoms with Gasteiger partial charge in [-0.1, -0.05) is 18.2 Å². The van der Waals surface area contributed by atoms with Gasteiger partial charge in [0.2, 0.25) is 26.6 Å². The molecular weight excluding hydrogens is 392 g/mol. The van der Waals surface area contributed by atoms with Crippen LogP contribution in [0.3, 0.4) is 0 Å². The summed E-state index contributed by atoms with van der Waals surface area (Å²) in [7, 11) is -2.31. The fraction of sp³-hybridized carbons (Fsp3) is 0.0952. The summed E-state index contributed by atoms with van der Waals surface area (Å²) < 4.78 is 42.6. The van der Waals surface area contributed by atoms with Gasteiger partial charge in [0, 0.05) is 5.56 Å². The predicted molar refractivity (Wildman–Crippen MR) is 106 cm³/mol. The maximum atomic E-state index is 13.2. The Bertz CT molecular complexity index is 1180. The minimum atomic E-state index is -3.88. The number of hydrogen-bond donors (Lipinski definition) is 1. The highest BCUT2D eigenvalue weighted by atomic mass is 32.2. The summed E-state index contributed by atoms with van der Waals surface area (Å²) in [5.41, 5.74) is 0.626. The number of nitrogens with one attached hydrogen (secondary N) is 1. The molecule has 2 aromatic heterocycles. The van der Waals surface area contributed by atoms with Crippen molar-refractivity contribution < 1.29 is 22.0 Å². The number of ether oxygens (including phenoxy) is 1. The molecule has 148 valence electrons. The number of anilines is 1. The molecule has 2 aromatic carbocycles. The summed E-state index contributed by atoms with van der Waals surface area (Å²) >= 11 is 0. The van der Waals surface area contributed by atoms with Crippen molar-refractivity contribution in [2.24, 2.45) is 0 Å². The molecule has 0 aliphatic rings. The van der Waals surface area contributed by atoms with Crippen LogP contribution in [0.25, 0.3) is 11.5 Å². The molecule has 0 unspecified atom stereocenters. The molecule has 0 saturated heterocycles. The Labute approximate surface area is 167 Å². The van der Waals surface area contributed by atoms with Crippen LogP contribution in [0.1, 0.15) is 5.76 Å². The van der Waals surface area contributed by atoms with E-state index < -0.39 is 9.84 Å². The first-order valence-electron chi connectivity index (χ1n) is 8.79. The average molecular weight is 410 g/mol. The Morgan fingerprint density at radius 3 is 2.41 bits per heavy atom. The number of furan rings is 1. The van der Waals surface area contributed by atoms with E-state index in [0.717, 1.165) is 0 Å². The molecule has 0 saturated carbocycles. The van der Waals surface area contributed by atoms with Gasteiger partial charge in [0.05, 0.1) is 24.8 Å². The third-order valence-electron chi connectivity index (χ3n) is 4.24. The molecule has 4 aromatic rings. The summed E-state index contributed by atoms with van der Waals surface area (Å²) in [6, 6.07) is 18.6. The van der Waals surface area contributed by atoms with Crippen molar-refractivity contribution in [3.8, 4) is 17.2 Å². The van der Waals surface area contributed by atoms with E-state index in [1.54, 1.807) is 68.0 Å². The fourth-order valence-corrected chi connectivity index (χ4v) is 4.05. The van der Waals surface area contributed by atoms with Gasteiger partial charge in [-0.3, -0.25) is 0 Å². The van der Waals surface area contributed by atoms with Crippen LogP contribution in [0.4, 0.5) is 5.88 Å². The minimum absolute atomic E-state index is 0.0519. The lowest BCUT2D eigenvalue weighted by molar-refractivity contribution is 0.415. The maximum absolute atomic E-state index is 13.2. The van der Waals surface area contributed by atoms with Gasteiger partial charge in [-0.15, -0.1) is 0 Å². The summed E-state index contributed by atoms with van der Waals surface area (Å²) in [5.74, 6) is 1.55. The van der Waals surface area contributed by atoms with E-state index in [-0.39, 0.29) is 28.2 Å². The molecule has 2 heterocycles. The minimum Gasteiger partial charge on any atom is -0.497 e. The lowest BCUT2D eigenvalue weighted by Crippen LogP contribution is -2.07. The van der Waals surface area contributed by atoms with Crippen LogP contribution in [0.2, 0.25) is 0 Å². The smallest absolute Gasteiger partial charge is 0.234 e. The zero-order valence-corrected chi connectivity index (χ0v) is 16.3. The summed E-state index contributed by atoms with van der Waals surface area (Å²) in [6.07, 6.45) is 1.54. The molecule has 0 bridgehead atoms. The first kappa shape index (κ1) is 18.8. The van der Waals surface area contributed by atoms with Crippen molar-refractivity contribution in [3.63, 3.8) is 0 Å². The third-order valence-corrected chi connectivity index (χ3v) is 5.92. The number of aromatic nitrogens is 1. The summed E-state index contributed by atoms with van der Waals surface area (Å²) in [6.45, 7) is 0.252. The van der Waals surface area contributed by atoms with Crippen LogP contribution in [-0.2, 0) is 16.4 Å². The molecule has 0 radical (unpaired) electrons. The van der Waals surface area contributed by atoms with Crippen molar-refractivity contribution in [3.05, 3.63) is 78.8 Å². The van der Waals surface area contributed by atoms with Crippen LogP contribution in [-0.4, -0.2) is 20.5 Å². The Morgan fingerprint density at radius 2 is 1.76 bits per heavy atom. The van der Waals surface area contributed by atoms with E-state index in [0.29, 0.717) is 17.1 Å². The van der Waals surface area contributed by atoms with E-state index in [2.05, 4.69) is 10.3 Å². The molecule has 7 nitrogen and oxygen atoms in total. The maximum Gasteiger partial charge on any atom is 0.234 e. The van der Waals surface area contributed by atoms with E-state index >= 15 is 0 Å². The van der Waals surface area contributed by atoms with Gasteiger partial charge in [0.15, 0.2) is 0 Å². The van der Waals surface area contributed by atoms with E-state index in [4.69, 9.17) is 13.6 Å². The lowest BCUT2D eigenvalue weighted by atomic mass is 10.2. The van der Waals surface area contributed by atoms with E-state index in [1.807, 2.05) is 0 Å². The zero-order valence-electron chi connectivity index (χ0n) is 15.5. The van der Waals surface area contributed by atoms with Crippen molar-refractivity contribution in [2.45, 2.75) is 16.5 Å². The van der Waals surface area contributed by atoms with Gasteiger partial charge in [-0.2, -0.15) is 4.98 Å². The quantitative estimate of drug-likeness (QED) is 0.483. The first-order chi connectivity index (χ1) is 14.1. The standard InChI is InChI=1S/C21H18N2O5S/c1-26-16-11-9-15(10-12-16)19-23-21(29(24,25)18-7-3-2-4-8-18)20(28-19)22-14-17-6-5-13-27-17/h2-13,22H,14H2,1H3. The number of sulfone groups is 1. The molecule has 4 rings (SSSR count). The van der Waals surface area contributed by atoms with Gasteiger partial charge in [0.25, 0.3) is 0 Å². The molecule has 0 aliphatic heterocycles. The molecule has 1 N–H and O–H groups in total. The van der Waals surface area contributed by atoms with E-state index in [9.17, 15) is 8.42 Å². The molecular formula is C21H18N2O5S. The molecule has 0 atom stereocenters. The predicted octanol–water partition coefficient (Wildman–Crippen LogP) is 4.39. The number of rotatable bonds is 7. The van der Waals surface area contributed by atoms with Crippen LogP contribution in [0.15, 0.2) is 91.7 Å². The van der Waals surface area contributed by atoms with Crippen molar-refractivity contribution in [2.75, 3.05) is 12.4 Å². The molecule has 0 aliphatic carbocycles. The monoisotopic (exact) mass is 410 g/mol. The topological polar surface area (TPSA) is 94.6 Å². The largest absolute Gasteiger partial charge is 0.497 e. The SMILES string of the molecule is COc1ccc(-c2nc(S(=O)(=O)c3ccccc3)c(NCc3ccco3)o2)cc1. The molecule has 0 amide bonds. The molecule has 0 spiro atoms. The van der Waals surface area contributed by atoms with Crippen molar-refractivity contribution in [1.29, 1.82) is 0 Å². The highest BCUT2D eigenvalue weighted by Gasteiger charge is 2.28. The Kier molecular flexibility index (Phi) is 5.09. The van der Waals surface area contributed by atoms with Crippen LogP contribution >= 0.6 is 0 Å². The fourth-order valence-electron chi connectivity index (χ4n) is 2.75. The Morgan fingerprint density at radius 1 is 1.00 bits per heavy atom. The van der Waals surface area contributed by atoms with Crippen LogP contribution in [0, 0.1) is 0 Å². The van der Waals surface area contributed by atoms with Gasteiger partial charge in [-0.05, 0) is 48.5 Å². The van der Waals surface area contributed by atoms with Gasteiger partial charge in [0.1, 0.15) is 11.5 Å². The number of nitrogens with zero attached hydrogens (tertiary/aromatic N) is 1. The van der Waals surface area contributed by atoms with E-state index in [1.165, 1.54) is 12.1 Å². The number of hydrogen-bond acceptors (Lipinski definition) is 7. The number of benzene rings is 2. The Hall–Kier alpha value is -3.52. The summed E-state index contributed by atoms with van der Waals surface area (Å²) in [5, 5.41) is 2.80. The second-order valence-electron chi connectivity index (χ2n) is 6.13. The second-order valence-corrected chi connectivity index (χ2v) is 8.00. The van der Waals surface area contributed by atoms with Crippen molar-refractivity contribution >= 4 is 15.7 Å². The highest BCUT2D eigenvalue weighted by Crippen LogP contribution is 2.33. The first-order valence-corrected chi connectivity index (χ1v) is 10.3. The second kappa shape index (κ2) is 7.84. The zero-order chi connectivity index (χ0) is 20.3. The number of oxazole rings is 1. The van der Waals surface area contributed by atoms with Gasteiger partial charge < -0.3 is 18.9 Å². The lowest BCUT2D eigenvalue weighted by Gasteiger charge is -2.04. The van der Waals surface area contributed by atoms with Crippen molar-refractivity contribution in [1.82, 2.24) is 4.98 Å². The van der Waals surface area contributed by atoms with Crippen LogP contribution < -0.4 is 10.1 Å². The third kappa shape index (κ3) is 3.88. The highest BCUT2D eigenvalue weighted by molar-refractivity contribution is 7.91. The average Bonchev–Trinajstić information content (AvgIpc) is 3.43. The normalized spacial score (nSPS) is 11.3. The van der Waals surface area contributed by atoms with Crippen LogP contribution in [0.5, 0.6) is 5.75 Å². The van der Waals surface area contributed by atoms with Gasteiger partial charge >= 0.3 is 0 Å². The van der Waals surface area contributed by atoms with Gasteiger partial charge in [-0.25, -0.2) is 8.42 Å². The summed E-state index contributed by atoms with van der Waals surface area (Å²) in [4.78, 5) is 4.43.